The maximum Gasteiger partial charge on any atom is 0.146 e. The van der Waals surface area contributed by atoms with E-state index in [-0.39, 0.29) is 12.4 Å². The number of aliphatic hydroxyl groups is 1. The minimum absolute atomic E-state index is 0.0304. The molecule has 0 aromatic heterocycles. The average molecular weight is 268 g/mol. The molecule has 19 heavy (non-hydrogen) atoms. The number of halogens is 1. The molecule has 0 aliphatic carbocycles. The lowest BCUT2D eigenvalue weighted by atomic mass is 10.1. The molecule has 1 aromatic rings. The van der Waals surface area contributed by atoms with Crippen molar-refractivity contribution in [3.63, 3.8) is 0 Å². The van der Waals surface area contributed by atoms with Crippen molar-refractivity contribution in [2.45, 2.75) is 39.8 Å². The Bertz CT molecular complexity index is 384. The summed E-state index contributed by atoms with van der Waals surface area (Å²) in [6, 6.07) is 5.63. The summed E-state index contributed by atoms with van der Waals surface area (Å²) in [6.45, 7) is 8.12. The van der Waals surface area contributed by atoms with Crippen LogP contribution in [0.25, 0.3) is 0 Å². The molecular weight excluding hydrogens is 243 g/mol. The monoisotopic (exact) mass is 268 g/mol. The summed E-state index contributed by atoms with van der Waals surface area (Å²) in [4.78, 5) is 1.85. The van der Waals surface area contributed by atoms with Gasteiger partial charge in [0.1, 0.15) is 5.82 Å². The van der Waals surface area contributed by atoms with E-state index in [2.05, 4.69) is 19.2 Å². The topological polar surface area (TPSA) is 35.5 Å². The Balaban J connectivity index is 2.80. The zero-order valence-corrected chi connectivity index (χ0v) is 12.1. The highest BCUT2D eigenvalue weighted by Gasteiger charge is 2.10. The molecule has 0 aliphatic rings. The van der Waals surface area contributed by atoms with Gasteiger partial charge < -0.3 is 15.3 Å². The molecule has 0 radical (unpaired) electrons. The molecule has 3 nitrogen and oxygen atoms in total. The molecule has 0 amide bonds. The average Bonchev–Trinajstić information content (AvgIpc) is 2.43. The molecule has 108 valence electrons. The van der Waals surface area contributed by atoms with Gasteiger partial charge in [-0.05, 0) is 38.0 Å². The Hall–Kier alpha value is -1.13. The van der Waals surface area contributed by atoms with Crippen LogP contribution in [0.2, 0.25) is 0 Å². The zero-order chi connectivity index (χ0) is 14.3. The number of anilines is 1. The minimum atomic E-state index is -0.234. The van der Waals surface area contributed by atoms with Gasteiger partial charge in [-0.1, -0.05) is 13.0 Å². The Morgan fingerprint density at radius 1 is 1.37 bits per heavy atom. The Morgan fingerprint density at radius 3 is 2.68 bits per heavy atom. The van der Waals surface area contributed by atoms with Crippen LogP contribution in [-0.4, -0.2) is 30.8 Å². The third-order valence-corrected chi connectivity index (χ3v) is 3.37. The lowest BCUT2D eigenvalue weighted by Gasteiger charge is -2.23. The number of benzene rings is 1. The van der Waals surface area contributed by atoms with Crippen LogP contribution in [0.5, 0.6) is 0 Å². The van der Waals surface area contributed by atoms with Gasteiger partial charge in [0.2, 0.25) is 0 Å². The van der Waals surface area contributed by atoms with Gasteiger partial charge in [-0.3, -0.25) is 0 Å². The molecule has 0 bridgehead atoms. The van der Waals surface area contributed by atoms with E-state index < -0.39 is 0 Å². The van der Waals surface area contributed by atoms with Crippen LogP contribution >= 0.6 is 0 Å². The quantitative estimate of drug-likeness (QED) is 0.760. The van der Waals surface area contributed by atoms with E-state index in [9.17, 15) is 4.39 Å². The first kappa shape index (κ1) is 15.9. The molecular formula is C15H25FN2O. The number of rotatable bonds is 8. The van der Waals surface area contributed by atoms with Gasteiger partial charge in [-0.15, -0.1) is 0 Å². The molecule has 1 rings (SSSR count). The van der Waals surface area contributed by atoms with Crippen molar-refractivity contribution in [1.82, 2.24) is 5.32 Å². The van der Waals surface area contributed by atoms with Crippen LogP contribution in [0.15, 0.2) is 18.2 Å². The van der Waals surface area contributed by atoms with E-state index in [1.807, 2.05) is 17.9 Å². The molecule has 1 atom stereocenters. The van der Waals surface area contributed by atoms with Crippen LogP contribution in [0, 0.1) is 5.82 Å². The molecule has 0 spiro atoms. The number of hydrogen-bond donors (Lipinski definition) is 2. The molecule has 0 saturated heterocycles. The minimum Gasteiger partial charge on any atom is -0.395 e. The Morgan fingerprint density at radius 2 is 2.11 bits per heavy atom. The van der Waals surface area contributed by atoms with E-state index in [0.29, 0.717) is 24.8 Å². The molecule has 1 aromatic carbocycles. The van der Waals surface area contributed by atoms with E-state index in [4.69, 9.17) is 5.11 Å². The summed E-state index contributed by atoms with van der Waals surface area (Å²) in [5.74, 6) is -0.234. The summed E-state index contributed by atoms with van der Waals surface area (Å²) in [6.07, 6.45) is 1.07. The molecule has 4 heteroatoms. The Kier molecular flexibility index (Phi) is 6.81. The number of hydrogen-bond acceptors (Lipinski definition) is 3. The summed E-state index contributed by atoms with van der Waals surface area (Å²) >= 11 is 0. The number of aliphatic hydroxyl groups excluding tert-OH is 1. The Labute approximate surface area is 115 Å². The zero-order valence-electron chi connectivity index (χ0n) is 12.1. The second-order valence-corrected chi connectivity index (χ2v) is 4.78. The first-order valence-corrected chi connectivity index (χ1v) is 6.99. The SMILES string of the molecule is CCC(C)NCc1ccc(F)c(N(CC)CCO)c1. The highest BCUT2D eigenvalue weighted by molar-refractivity contribution is 5.50. The van der Waals surface area contributed by atoms with Crippen molar-refractivity contribution in [3.8, 4) is 0 Å². The maximum atomic E-state index is 13.9. The number of nitrogens with one attached hydrogen (secondary N) is 1. The van der Waals surface area contributed by atoms with Gasteiger partial charge in [0, 0.05) is 25.7 Å². The van der Waals surface area contributed by atoms with Crippen molar-refractivity contribution < 1.29 is 9.50 Å². The van der Waals surface area contributed by atoms with Crippen LogP contribution < -0.4 is 10.2 Å². The number of nitrogens with zero attached hydrogens (tertiary/aromatic N) is 1. The van der Waals surface area contributed by atoms with Crippen LogP contribution in [0.3, 0.4) is 0 Å². The highest BCUT2D eigenvalue weighted by atomic mass is 19.1. The van der Waals surface area contributed by atoms with Crippen molar-refractivity contribution in [1.29, 1.82) is 0 Å². The van der Waals surface area contributed by atoms with Gasteiger partial charge in [0.05, 0.1) is 12.3 Å². The van der Waals surface area contributed by atoms with Crippen LogP contribution in [0.4, 0.5) is 10.1 Å². The summed E-state index contributed by atoms with van der Waals surface area (Å²) in [5, 5.41) is 12.4. The molecule has 0 saturated carbocycles. The highest BCUT2D eigenvalue weighted by Crippen LogP contribution is 2.21. The maximum absolute atomic E-state index is 13.9. The van der Waals surface area contributed by atoms with Crippen LogP contribution in [0.1, 0.15) is 32.8 Å². The van der Waals surface area contributed by atoms with Crippen molar-refractivity contribution in [2.75, 3.05) is 24.6 Å². The van der Waals surface area contributed by atoms with Crippen molar-refractivity contribution in [3.05, 3.63) is 29.6 Å². The summed E-state index contributed by atoms with van der Waals surface area (Å²) in [5.41, 5.74) is 1.63. The third kappa shape index (κ3) is 4.80. The lowest BCUT2D eigenvalue weighted by molar-refractivity contribution is 0.302. The van der Waals surface area contributed by atoms with E-state index >= 15 is 0 Å². The molecule has 0 aliphatic heterocycles. The first-order valence-electron chi connectivity index (χ1n) is 6.99. The van der Waals surface area contributed by atoms with Gasteiger partial charge in [0.15, 0.2) is 0 Å². The summed E-state index contributed by atoms with van der Waals surface area (Å²) in [7, 11) is 0. The normalized spacial score (nSPS) is 12.5. The first-order chi connectivity index (χ1) is 9.12. The second kappa shape index (κ2) is 8.12. The van der Waals surface area contributed by atoms with Gasteiger partial charge in [-0.2, -0.15) is 0 Å². The van der Waals surface area contributed by atoms with Gasteiger partial charge >= 0.3 is 0 Å². The second-order valence-electron chi connectivity index (χ2n) is 4.78. The third-order valence-electron chi connectivity index (χ3n) is 3.37. The van der Waals surface area contributed by atoms with Crippen molar-refractivity contribution >= 4 is 5.69 Å². The smallest absolute Gasteiger partial charge is 0.146 e. The predicted molar refractivity (Wildman–Crippen MR) is 78.0 cm³/mol. The predicted octanol–water partition coefficient (Wildman–Crippen LogP) is 2.53. The largest absolute Gasteiger partial charge is 0.395 e. The van der Waals surface area contributed by atoms with Crippen molar-refractivity contribution in [2.24, 2.45) is 0 Å². The molecule has 1 unspecified atom stereocenters. The molecule has 2 N–H and O–H groups in total. The fraction of sp³-hybridized carbons (Fsp3) is 0.600. The van der Waals surface area contributed by atoms with E-state index in [0.717, 1.165) is 18.5 Å². The summed E-state index contributed by atoms with van der Waals surface area (Å²) < 4.78 is 13.9. The number of likely N-dealkylation sites (N-methyl/N-ethyl adjacent to an activating group) is 1. The van der Waals surface area contributed by atoms with Gasteiger partial charge in [0.25, 0.3) is 0 Å². The fourth-order valence-electron chi connectivity index (χ4n) is 1.92. The van der Waals surface area contributed by atoms with Crippen LogP contribution in [-0.2, 0) is 6.54 Å². The van der Waals surface area contributed by atoms with E-state index in [1.165, 1.54) is 6.07 Å². The molecule has 0 fully saturated rings. The standard InChI is InChI=1S/C15H25FN2O/c1-4-12(3)17-11-13-6-7-14(16)15(10-13)18(5-2)8-9-19/h6-7,10,12,17,19H,4-5,8-9,11H2,1-3H3. The lowest BCUT2D eigenvalue weighted by Crippen LogP contribution is -2.28. The van der Waals surface area contributed by atoms with E-state index in [1.54, 1.807) is 6.07 Å². The van der Waals surface area contributed by atoms with Gasteiger partial charge in [-0.25, -0.2) is 4.39 Å². The fourth-order valence-corrected chi connectivity index (χ4v) is 1.92. The molecule has 0 heterocycles.